The zero-order chi connectivity index (χ0) is 21.8. The van der Waals surface area contributed by atoms with Gasteiger partial charge in [-0.1, -0.05) is 77.0 Å². The molecule has 0 atom stereocenters. The third-order valence-electron chi connectivity index (χ3n) is 4.26. The van der Waals surface area contributed by atoms with Gasteiger partial charge in [0.15, 0.2) is 0 Å². The van der Waals surface area contributed by atoms with E-state index in [-0.39, 0.29) is 16.1 Å². The molecule has 0 unspecified atom stereocenters. The molecule has 4 aromatic rings. The highest BCUT2D eigenvalue weighted by Gasteiger charge is 2.17. The van der Waals surface area contributed by atoms with Gasteiger partial charge in [0, 0.05) is 10.6 Å². The number of nitrogens with one attached hydrogen (secondary N) is 2. The van der Waals surface area contributed by atoms with E-state index in [0.29, 0.717) is 20.8 Å². The number of para-hydroxylation sites is 1. The molecule has 0 saturated heterocycles. The number of nitrogens with zero attached hydrogens (tertiary/aromatic N) is 2. The molecule has 2 N–H and O–H groups in total. The first-order valence-corrected chi connectivity index (χ1v) is 10.6. The summed E-state index contributed by atoms with van der Waals surface area (Å²) >= 11 is 13.3. The van der Waals surface area contributed by atoms with Crippen LogP contribution in [0.15, 0.2) is 72.8 Å². The maximum absolute atomic E-state index is 12.8. The number of benzene rings is 3. The Bertz CT molecular complexity index is 1260. The van der Waals surface area contributed by atoms with E-state index in [4.69, 9.17) is 23.2 Å². The maximum atomic E-state index is 12.8. The topological polar surface area (TPSA) is 84.0 Å². The molecule has 154 valence electrons. The van der Waals surface area contributed by atoms with Gasteiger partial charge in [0.25, 0.3) is 11.8 Å². The summed E-state index contributed by atoms with van der Waals surface area (Å²) in [7, 11) is 0. The molecule has 0 bridgehead atoms. The number of carbonyl (C=O) groups excluding carboxylic acids is 2. The minimum atomic E-state index is -0.454. The van der Waals surface area contributed by atoms with Crippen LogP contribution in [0.25, 0.3) is 10.6 Å². The standard InChI is InChI=1S/C22H14Cl2N4O2S/c23-14-10-11-15(17(24)12-14)19(29)25-18-9-5-4-8-16(18)20(30)26-22-28-27-21(31-22)13-6-2-1-3-7-13/h1-12H,(H,25,29)(H,26,28,30). The van der Waals surface area contributed by atoms with Gasteiger partial charge >= 0.3 is 0 Å². The zero-order valence-corrected chi connectivity index (χ0v) is 18.1. The van der Waals surface area contributed by atoms with Gasteiger partial charge in [-0.2, -0.15) is 0 Å². The van der Waals surface area contributed by atoms with Crippen LogP contribution in [0.4, 0.5) is 10.8 Å². The normalized spacial score (nSPS) is 10.5. The van der Waals surface area contributed by atoms with E-state index < -0.39 is 11.8 Å². The first-order chi connectivity index (χ1) is 15.0. The van der Waals surface area contributed by atoms with Crippen molar-refractivity contribution in [3.8, 4) is 10.6 Å². The van der Waals surface area contributed by atoms with Gasteiger partial charge < -0.3 is 5.32 Å². The molecule has 31 heavy (non-hydrogen) atoms. The third kappa shape index (κ3) is 4.91. The average molecular weight is 469 g/mol. The molecule has 1 heterocycles. The number of carbonyl (C=O) groups is 2. The van der Waals surface area contributed by atoms with E-state index in [2.05, 4.69) is 20.8 Å². The summed E-state index contributed by atoms with van der Waals surface area (Å²) in [5.74, 6) is -0.877. The minimum Gasteiger partial charge on any atom is -0.321 e. The number of hydrogen-bond donors (Lipinski definition) is 2. The Balaban J connectivity index is 1.52. The van der Waals surface area contributed by atoms with Crippen LogP contribution < -0.4 is 10.6 Å². The molecular weight excluding hydrogens is 455 g/mol. The van der Waals surface area contributed by atoms with Gasteiger partial charge in [-0.05, 0) is 30.3 Å². The summed E-state index contributed by atoms with van der Waals surface area (Å²) in [6.07, 6.45) is 0. The van der Waals surface area contributed by atoms with Crippen LogP contribution in [-0.4, -0.2) is 22.0 Å². The molecule has 0 fully saturated rings. The number of hydrogen-bond acceptors (Lipinski definition) is 5. The Kier molecular flexibility index (Phi) is 6.27. The summed E-state index contributed by atoms with van der Waals surface area (Å²) in [6, 6.07) is 20.8. The lowest BCUT2D eigenvalue weighted by atomic mass is 10.1. The van der Waals surface area contributed by atoms with Crippen LogP contribution in [0.5, 0.6) is 0 Å². The number of rotatable bonds is 5. The Hall–Kier alpha value is -3.26. The van der Waals surface area contributed by atoms with Crippen LogP contribution in [0.2, 0.25) is 10.0 Å². The maximum Gasteiger partial charge on any atom is 0.259 e. The lowest BCUT2D eigenvalue weighted by molar-refractivity contribution is 0.102. The number of amides is 2. The summed E-state index contributed by atoms with van der Waals surface area (Å²) in [4.78, 5) is 25.5. The number of anilines is 2. The third-order valence-corrected chi connectivity index (χ3v) is 5.70. The largest absolute Gasteiger partial charge is 0.321 e. The Morgan fingerprint density at radius 2 is 1.48 bits per heavy atom. The molecule has 0 aliphatic carbocycles. The lowest BCUT2D eigenvalue weighted by Gasteiger charge is -2.11. The van der Waals surface area contributed by atoms with Crippen LogP contribution in [-0.2, 0) is 0 Å². The van der Waals surface area contributed by atoms with Crippen molar-refractivity contribution < 1.29 is 9.59 Å². The van der Waals surface area contributed by atoms with Crippen molar-refractivity contribution in [2.75, 3.05) is 10.6 Å². The molecule has 2 amide bonds. The molecular formula is C22H14Cl2N4O2S. The number of aromatic nitrogens is 2. The van der Waals surface area contributed by atoms with Crippen LogP contribution in [0.1, 0.15) is 20.7 Å². The molecule has 6 nitrogen and oxygen atoms in total. The quantitative estimate of drug-likeness (QED) is 0.375. The predicted octanol–water partition coefficient (Wildman–Crippen LogP) is 6.02. The zero-order valence-electron chi connectivity index (χ0n) is 15.8. The summed E-state index contributed by atoms with van der Waals surface area (Å²) < 4.78 is 0. The molecule has 4 rings (SSSR count). The Labute approximate surface area is 191 Å². The first-order valence-electron chi connectivity index (χ1n) is 9.07. The molecule has 3 aromatic carbocycles. The predicted molar refractivity (Wildman–Crippen MR) is 124 cm³/mol. The molecule has 0 aliphatic rings. The molecule has 1 aromatic heterocycles. The van der Waals surface area contributed by atoms with Gasteiger partial charge in [0.05, 0.1) is 21.8 Å². The highest BCUT2D eigenvalue weighted by molar-refractivity contribution is 7.18. The molecule has 0 radical (unpaired) electrons. The van der Waals surface area contributed by atoms with Crippen molar-refractivity contribution in [1.82, 2.24) is 10.2 Å². The van der Waals surface area contributed by atoms with E-state index in [1.54, 1.807) is 30.3 Å². The Morgan fingerprint density at radius 3 is 2.26 bits per heavy atom. The van der Waals surface area contributed by atoms with Crippen molar-refractivity contribution in [3.63, 3.8) is 0 Å². The summed E-state index contributed by atoms with van der Waals surface area (Å²) in [5.41, 5.74) is 1.77. The van der Waals surface area contributed by atoms with Crippen molar-refractivity contribution in [2.24, 2.45) is 0 Å². The monoisotopic (exact) mass is 468 g/mol. The highest BCUT2D eigenvalue weighted by Crippen LogP contribution is 2.27. The number of halogens is 2. The van der Waals surface area contributed by atoms with E-state index in [1.165, 1.54) is 23.5 Å². The fraction of sp³-hybridized carbons (Fsp3) is 0. The SMILES string of the molecule is O=C(Nc1ccccc1C(=O)Nc1nnc(-c2ccccc2)s1)c1ccc(Cl)cc1Cl. The van der Waals surface area contributed by atoms with Crippen molar-refractivity contribution in [3.05, 3.63) is 94.0 Å². The lowest BCUT2D eigenvalue weighted by Crippen LogP contribution is -2.18. The molecule has 0 saturated carbocycles. The van der Waals surface area contributed by atoms with Gasteiger partial charge in [-0.15, -0.1) is 10.2 Å². The van der Waals surface area contributed by atoms with E-state index in [0.717, 1.165) is 5.56 Å². The van der Waals surface area contributed by atoms with Crippen LogP contribution in [0.3, 0.4) is 0 Å². The minimum absolute atomic E-state index is 0.217. The van der Waals surface area contributed by atoms with E-state index in [1.807, 2.05) is 30.3 Å². The van der Waals surface area contributed by atoms with Gasteiger partial charge in [-0.3, -0.25) is 14.9 Å². The van der Waals surface area contributed by atoms with Crippen LogP contribution in [0, 0.1) is 0 Å². The van der Waals surface area contributed by atoms with E-state index >= 15 is 0 Å². The van der Waals surface area contributed by atoms with Gasteiger partial charge in [0.1, 0.15) is 5.01 Å². The van der Waals surface area contributed by atoms with Gasteiger partial charge in [0.2, 0.25) is 5.13 Å². The second-order valence-electron chi connectivity index (χ2n) is 6.36. The Morgan fingerprint density at radius 1 is 0.774 bits per heavy atom. The first kappa shape index (κ1) is 21.0. The molecule has 9 heteroatoms. The van der Waals surface area contributed by atoms with Gasteiger partial charge in [-0.25, -0.2) is 0 Å². The summed E-state index contributed by atoms with van der Waals surface area (Å²) in [5, 5.41) is 15.3. The second kappa shape index (κ2) is 9.26. The molecule has 0 spiro atoms. The van der Waals surface area contributed by atoms with Crippen molar-refractivity contribution in [1.29, 1.82) is 0 Å². The van der Waals surface area contributed by atoms with Crippen molar-refractivity contribution in [2.45, 2.75) is 0 Å². The smallest absolute Gasteiger partial charge is 0.259 e. The second-order valence-corrected chi connectivity index (χ2v) is 8.18. The summed E-state index contributed by atoms with van der Waals surface area (Å²) in [6.45, 7) is 0. The average Bonchev–Trinajstić information content (AvgIpc) is 3.23. The fourth-order valence-electron chi connectivity index (χ4n) is 2.79. The fourth-order valence-corrected chi connectivity index (χ4v) is 4.03. The highest BCUT2D eigenvalue weighted by atomic mass is 35.5. The van der Waals surface area contributed by atoms with E-state index in [9.17, 15) is 9.59 Å². The molecule has 0 aliphatic heterocycles. The van der Waals surface area contributed by atoms with Crippen molar-refractivity contribution >= 4 is 57.2 Å². The van der Waals surface area contributed by atoms with Crippen LogP contribution >= 0.6 is 34.5 Å².